The van der Waals surface area contributed by atoms with Crippen LogP contribution in [0.5, 0.6) is 0 Å². The molecule has 0 aromatic heterocycles. The molecule has 1 aliphatic heterocycles. The highest BCUT2D eigenvalue weighted by Crippen LogP contribution is 2.24. The lowest BCUT2D eigenvalue weighted by atomic mass is 10.0. The molecule has 2 rings (SSSR count). The Morgan fingerprint density at radius 1 is 1.47 bits per heavy atom. The number of carbonyl (C=O) groups is 1. The van der Waals surface area contributed by atoms with Gasteiger partial charge in [-0.05, 0) is 49.4 Å². The largest absolute Gasteiger partial charge is 0.388 e. The first-order chi connectivity index (χ1) is 9.15. The van der Waals surface area contributed by atoms with Crippen molar-refractivity contribution in [1.29, 1.82) is 0 Å². The average Bonchev–Trinajstić information content (AvgIpc) is 2.87. The Balaban J connectivity index is 2.06. The van der Waals surface area contributed by atoms with Crippen LogP contribution in [0.4, 0.5) is 5.69 Å². The van der Waals surface area contributed by atoms with Crippen molar-refractivity contribution in [2.45, 2.75) is 33.1 Å². The number of amides is 1. The van der Waals surface area contributed by atoms with E-state index in [-0.39, 0.29) is 5.91 Å². The predicted octanol–water partition coefficient (Wildman–Crippen LogP) is 3.30. The van der Waals surface area contributed by atoms with Crippen LogP contribution < -0.4 is 5.32 Å². The Morgan fingerprint density at radius 3 is 2.89 bits per heavy atom. The second-order valence-corrected chi connectivity index (χ2v) is 5.47. The number of hydrogen-bond acceptors (Lipinski definition) is 2. The molecule has 0 aliphatic carbocycles. The van der Waals surface area contributed by atoms with Crippen molar-refractivity contribution in [3.05, 3.63) is 29.3 Å². The quantitative estimate of drug-likeness (QED) is 0.901. The van der Waals surface area contributed by atoms with E-state index >= 15 is 0 Å². The van der Waals surface area contributed by atoms with Crippen LogP contribution >= 0.6 is 0 Å². The summed E-state index contributed by atoms with van der Waals surface area (Å²) < 4.78 is 0. The molecule has 1 fully saturated rings. The molecular weight excluding hydrogens is 236 g/mol. The van der Waals surface area contributed by atoms with Gasteiger partial charge in [0.1, 0.15) is 0 Å². The zero-order chi connectivity index (χ0) is 13.8. The van der Waals surface area contributed by atoms with Gasteiger partial charge in [0, 0.05) is 31.4 Å². The molecule has 1 unspecified atom stereocenters. The number of nitrogens with zero attached hydrogens (tertiary/aromatic N) is 1. The summed E-state index contributed by atoms with van der Waals surface area (Å²) in [4.78, 5) is 14.5. The van der Waals surface area contributed by atoms with E-state index in [2.05, 4.69) is 12.2 Å². The van der Waals surface area contributed by atoms with Crippen molar-refractivity contribution in [1.82, 2.24) is 4.90 Å². The first-order valence-electron chi connectivity index (χ1n) is 7.23. The second kappa shape index (κ2) is 6.09. The van der Waals surface area contributed by atoms with Gasteiger partial charge in [-0.25, -0.2) is 0 Å². The minimum absolute atomic E-state index is 0.185. The highest BCUT2D eigenvalue weighted by atomic mass is 16.2. The Labute approximate surface area is 116 Å². The number of carbonyl (C=O) groups excluding carboxylic acids is 1. The molecule has 1 aliphatic rings. The van der Waals surface area contributed by atoms with E-state index in [0.29, 0.717) is 5.92 Å². The van der Waals surface area contributed by atoms with Gasteiger partial charge in [-0.3, -0.25) is 4.79 Å². The number of hydrogen-bond donors (Lipinski definition) is 1. The molecule has 1 N–H and O–H groups in total. The Kier molecular flexibility index (Phi) is 4.46. The van der Waals surface area contributed by atoms with Crippen LogP contribution in [0.3, 0.4) is 0 Å². The van der Waals surface area contributed by atoms with Crippen molar-refractivity contribution in [2.75, 3.05) is 25.5 Å². The summed E-state index contributed by atoms with van der Waals surface area (Å²) in [6.45, 7) is 6.09. The summed E-state index contributed by atoms with van der Waals surface area (Å²) in [5.74, 6) is 0.885. The maximum absolute atomic E-state index is 12.5. The third-order valence-corrected chi connectivity index (χ3v) is 4.01. The van der Waals surface area contributed by atoms with E-state index in [1.807, 2.05) is 37.1 Å². The summed E-state index contributed by atoms with van der Waals surface area (Å²) in [7, 11) is 1.90. The van der Waals surface area contributed by atoms with E-state index in [1.165, 1.54) is 12.8 Å². The minimum Gasteiger partial charge on any atom is -0.388 e. The Bertz CT molecular complexity index is 456. The number of rotatable bonds is 4. The van der Waals surface area contributed by atoms with Gasteiger partial charge >= 0.3 is 0 Å². The third-order valence-electron chi connectivity index (χ3n) is 4.01. The smallest absolute Gasteiger partial charge is 0.253 e. The molecule has 1 saturated heterocycles. The summed E-state index contributed by atoms with van der Waals surface area (Å²) in [5.41, 5.74) is 3.02. The van der Waals surface area contributed by atoms with Crippen LogP contribution in [-0.4, -0.2) is 30.9 Å². The fourth-order valence-electron chi connectivity index (χ4n) is 2.92. The molecule has 104 valence electrons. The average molecular weight is 260 g/mol. The van der Waals surface area contributed by atoms with Gasteiger partial charge in [0.15, 0.2) is 0 Å². The van der Waals surface area contributed by atoms with Gasteiger partial charge in [0.25, 0.3) is 5.91 Å². The van der Waals surface area contributed by atoms with Crippen LogP contribution in [0.1, 0.15) is 42.1 Å². The number of benzene rings is 1. The molecule has 1 amide bonds. The molecule has 0 radical (unpaired) electrons. The van der Waals surface area contributed by atoms with Gasteiger partial charge in [-0.2, -0.15) is 0 Å². The molecule has 3 nitrogen and oxygen atoms in total. The summed E-state index contributed by atoms with van der Waals surface area (Å²) in [6.07, 6.45) is 3.61. The summed E-state index contributed by atoms with van der Waals surface area (Å²) >= 11 is 0. The molecule has 1 atom stereocenters. The lowest BCUT2D eigenvalue weighted by Crippen LogP contribution is -2.28. The van der Waals surface area contributed by atoms with Crippen LogP contribution in [0.25, 0.3) is 0 Å². The van der Waals surface area contributed by atoms with E-state index in [4.69, 9.17) is 0 Å². The molecule has 0 saturated carbocycles. The third kappa shape index (κ3) is 3.09. The monoisotopic (exact) mass is 260 g/mol. The number of anilines is 1. The van der Waals surface area contributed by atoms with Gasteiger partial charge < -0.3 is 10.2 Å². The van der Waals surface area contributed by atoms with E-state index < -0.39 is 0 Å². The van der Waals surface area contributed by atoms with Crippen molar-refractivity contribution < 1.29 is 4.79 Å². The number of aryl methyl sites for hydroxylation is 1. The maximum Gasteiger partial charge on any atom is 0.253 e. The Hall–Kier alpha value is -1.51. The van der Waals surface area contributed by atoms with E-state index in [1.54, 1.807) is 0 Å². The fourth-order valence-corrected chi connectivity index (χ4v) is 2.92. The van der Waals surface area contributed by atoms with Crippen molar-refractivity contribution >= 4 is 11.6 Å². The zero-order valence-electron chi connectivity index (χ0n) is 12.2. The summed E-state index contributed by atoms with van der Waals surface area (Å²) in [5, 5.41) is 3.13. The lowest BCUT2D eigenvalue weighted by Gasteiger charge is -2.17. The number of likely N-dealkylation sites (tertiary alicyclic amines) is 1. The van der Waals surface area contributed by atoms with E-state index in [0.717, 1.165) is 36.3 Å². The standard InChI is InChI=1S/C16H24N2O/c1-4-5-13-8-9-18(11-13)16(19)14-6-7-15(17-3)12(2)10-14/h6-7,10,13,17H,4-5,8-9,11H2,1-3H3. The summed E-state index contributed by atoms with van der Waals surface area (Å²) in [6, 6.07) is 5.90. The molecule has 3 heteroatoms. The highest BCUT2D eigenvalue weighted by Gasteiger charge is 2.26. The number of nitrogens with one attached hydrogen (secondary N) is 1. The van der Waals surface area contributed by atoms with Crippen molar-refractivity contribution in [2.24, 2.45) is 5.92 Å². The van der Waals surface area contributed by atoms with Crippen LogP contribution in [0, 0.1) is 12.8 Å². The Morgan fingerprint density at radius 2 is 2.26 bits per heavy atom. The molecule has 0 bridgehead atoms. The second-order valence-electron chi connectivity index (χ2n) is 5.47. The minimum atomic E-state index is 0.185. The molecule has 19 heavy (non-hydrogen) atoms. The van der Waals surface area contributed by atoms with Gasteiger partial charge in [-0.1, -0.05) is 13.3 Å². The van der Waals surface area contributed by atoms with Gasteiger partial charge in [0.2, 0.25) is 0 Å². The molecular formula is C16H24N2O. The fraction of sp³-hybridized carbons (Fsp3) is 0.562. The first-order valence-corrected chi connectivity index (χ1v) is 7.23. The van der Waals surface area contributed by atoms with Crippen LogP contribution in [0.15, 0.2) is 18.2 Å². The molecule has 1 aromatic rings. The molecule has 0 spiro atoms. The lowest BCUT2D eigenvalue weighted by molar-refractivity contribution is 0.0786. The highest BCUT2D eigenvalue weighted by molar-refractivity contribution is 5.95. The van der Waals surface area contributed by atoms with E-state index in [9.17, 15) is 4.79 Å². The molecule has 1 aromatic carbocycles. The maximum atomic E-state index is 12.5. The van der Waals surface area contributed by atoms with Crippen LogP contribution in [0.2, 0.25) is 0 Å². The first kappa shape index (κ1) is 13.9. The SMILES string of the molecule is CCCC1CCN(C(=O)c2ccc(NC)c(C)c2)C1. The zero-order valence-corrected chi connectivity index (χ0v) is 12.2. The van der Waals surface area contributed by atoms with Crippen LogP contribution in [-0.2, 0) is 0 Å². The van der Waals surface area contributed by atoms with Gasteiger partial charge in [-0.15, -0.1) is 0 Å². The van der Waals surface area contributed by atoms with Crippen molar-refractivity contribution in [3.8, 4) is 0 Å². The topological polar surface area (TPSA) is 32.3 Å². The van der Waals surface area contributed by atoms with Gasteiger partial charge in [0.05, 0.1) is 0 Å². The predicted molar refractivity (Wildman–Crippen MR) is 79.6 cm³/mol. The normalized spacial score (nSPS) is 18.7. The molecule has 1 heterocycles. The van der Waals surface area contributed by atoms with Crippen molar-refractivity contribution in [3.63, 3.8) is 0 Å².